The predicted molar refractivity (Wildman–Crippen MR) is 197 cm³/mol. The summed E-state index contributed by atoms with van der Waals surface area (Å²) < 4.78 is 0. The van der Waals surface area contributed by atoms with Crippen molar-refractivity contribution in [1.82, 2.24) is 10.3 Å². The van der Waals surface area contributed by atoms with Crippen molar-refractivity contribution in [3.63, 3.8) is 0 Å². The third-order valence-electron chi connectivity index (χ3n) is 8.74. The first-order chi connectivity index (χ1) is 23.2. The Morgan fingerprint density at radius 3 is 2.06 bits per heavy atom. The van der Waals surface area contributed by atoms with Crippen LogP contribution in [0.2, 0.25) is 0 Å². The predicted octanol–water partition coefficient (Wildman–Crippen LogP) is 10.6. The Hall–Kier alpha value is -6.32. The van der Waals surface area contributed by atoms with Gasteiger partial charge in [-0.2, -0.15) is 0 Å². The van der Waals surface area contributed by atoms with Gasteiger partial charge in [0.15, 0.2) is 0 Å². The summed E-state index contributed by atoms with van der Waals surface area (Å²) in [6.07, 6.45) is 3.96. The molecule has 0 saturated heterocycles. The van der Waals surface area contributed by atoms with Crippen LogP contribution < -0.4 is 5.32 Å². The van der Waals surface area contributed by atoms with Gasteiger partial charge in [0.05, 0.1) is 22.8 Å². The number of fused-ring (bicyclic) bond motifs is 2. The molecule has 0 radical (unpaired) electrons. The van der Waals surface area contributed by atoms with Gasteiger partial charge >= 0.3 is 0 Å². The van der Waals surface area contributed by atoms with Gasteiger partial charge in [0.25, 0.3) is 0 Å². The first kappa shape index (κ1) is 28.2. The number of benzene rings is 6. The highest BCUT2D eigenvalue weighted by Gasteiger charge is 2.24. The van der Waals surface area contributed by atoms with Crippen molar-refractivity contribution in [2.75, 3.05) is 0 Å². The quantitative estimate of drug-likeness (QED) is 0.186. The summed E-state index contributed by atoms with van der Waals surface area (Å²) in [5, 5.41) is 16.1. The second-order valence-electron chi connectivity index (χ2n) is 11.7. The standard InChI is InChI=1S/C44H31N3/c45-43(36-21-10-18-32(27-36)30-13-2-1-3-14-30)42(35-20-11-19-33(28-35)38-24-12-17-31-15-4-6-22-37(31)38)44-39-23-7-5-16-34(39)29-41(47-44)40-25-8-9-26-46-40/h1-29,45,47H/b44-42-,45-43?. The minimum absolute atomic E-state index is 0.442. The van der Waals surface area contributed by atoms with E-state index in [2.05, 4.69) is 132 Å². The van der Waals surface area contributed by atoms with Crippen molar-refractivity contribution in [3.8, 4) is 22.3 Å². The summed E-state index contributed by atoms with van der Waals surface area (Å²) in [5.74, 6) is 0. The average molecular weight is 602 g/mol. The third kappa shape index (κ3) is 5.45. The van der Waals surface area contributed by atoms with Crippen molar-refractivity contribution in [2.45, 2.75) is 0 Å². The summed E-state index contributed by atoms with van der Waals surface area (Å²) in [6, 6.07) is 56.5. The molecule has 0 amide bonds. The van der Waals surface area contributed by atoms with E-state index in [1.165, 1.54) is 10.8 Å². The zero-order valence-corrected chi connectivity index (χ0v) is 25.7. The van der Waals surface area contributed by atoms with Crippen molar-refractivity contribution in [3.05, 3.63) is 198 Å². The lowest BCUT2D eigenvalue weighted by molar-refractivity contribution is 1.16. The van der Waals surface area contributed by atoms with Gasteiger partial charge in [0.2, 0.25) is 0 Å². The van der Waals surface area contributed by atoms with Crippen LogP contribution in [0.3, 0.4) is 0 Å². The minimum atomic E-state index is 0.442. The highest BCUT2D eigenvalue weighted by molar-refractivity contribution is 6.36. The van der Waals surface area contributed by atoms with Gasteiger partial charge in [0, 0.05) is 22.9 Å². The van der Waals surface area contributed by atoms with Gasteiger partial charge in [-0.25, -0.2) is 0 Å². The summed E-state index contributed by atoms with van der Waals surface area (Å²) in [5.41, 5.74) is 12.3. The molecule has 1 aromatic heterocycles. The van der Waals surface area contributed by atoms with Crippen molar-refractivity contribution >= 4 is 39.5 Å². The fourth-order valence-corrected chi connectivity index (χ4v) is 6.46. The molecular formula is C44H31N3. The van der Waals surface area contributed by atoms with E-state index in [9.17, 15) is 5.41 Å². The number of hydrogen-bond acceptors (Lipinski definition) is 3. The summed E-state index contributed by atoms with van der Waals surface area (Å²) in [6.45, 7) is 0. The van der Waals surface area contributed by atoms with E-state index in [4.69, 9.17) is 0 Å². The van der Waals surface area contributed by atoms with Crippen LogP contribution in [-0.2, 0) is 0 Å². The number of aromatic nitrogens is 1. The molecule has 2 N–H and O–H groups in total. The van der Waals surface area contributed by atoms with Crippen molar-refractivity contribution in [1.29, 1.82) is 5.41 Å². The molecule has 1 aliphatic heterocycles. The number of rotatable bonds is 6. The lowest BCUT2D eigenvalue weighted by atomic mass is 9.86. The smallest absolute Gasteiger partial charge is 0.0864 e. The molecule has 2 heterocycles. The lowest BCUT2D eigenvalue weighted by Crippen LogP contribution is -2.20. The number of nitrogens with zero attached hydrogens (tertiary/aromatic N) is 1. The largest absolute Gasteiger partial charge is 0.353 e. The van der Waals surface area contributed by atoms with Crippen LogP contribution in [-0.4, -0.2) is 10.7 Å². The van der Waals surface area contributed by atoms with E-state index in [1.807, 2.05) is 54.7 Å². The Bertz CT molecular complexity index is 2330. The molecule has 0 aliphatic carbocycles. The second kappa shape index (κ2) is 12.2. The normalized spacial score (nSPS) is 13.3. The maximum atomic E-state index is 9.91. The van der Waals surface area contributed by atoms with Gasteiger partial charge in [-0.3, -0.25) is 10.4 Å². The van der Waals surface area contributed by atoms with Crippen LogP contribution in [0.5, 0.6) is 0 Å². The molecule has 0 saturated carbocycles. The van der Waals surface area contributed by atoms with E-state index in [0.717, 1.165) is 67.2 Å². The second-order valence-corrected chi connectivity index (χ2v) is 11.7. The van der Waals surface area contributed by atoms with Crippen LogP contribution in [0.15, 0.2) is 170 Å². The molecular weight excluding hydrogens is 571 g/mol. The van der Waals surface area contributed by atoms with Crippen molar-refractivity contribution < 1.29 is 0 Å². The zero-order valence-electron chi connectivity index (χ0n) is 25.7. The van der Waals surface area contributed by atoms with E-state index in [-0.39, 0.29) is 0 Å². The van der Waals surface area contributed by atoms with Gasteiger partial charge in [-0.05, 0) is 74.5 Å². The number of pyridine rings is 1. The fraction of sp³-hybridized carbons (Fsp3) is 0. The van der Waals surface area contributed by atoms with Crippen LogP contribution in [0.1, 0.15) is 27.9 Å². The third-order valence-corrected chi connectivity index (χ3v) is 8.74. The number of hydrogen-bond donors (Lipinski definition) is 2. The Kier molecular flexibility index (Phi) is 7.33. The average Bonchev–Trinajstić information content (AvgIpc) is 3.15. The van der Waals surface area contributed by atoms with E-state index in [0.29, 0.717) is 5.71 Å². The molecule has 3 heteroatoms. The topological polar surface area (TPSA) is 48.8 Å². The molecule has 6 aromatic carbocycles. The Balaban J connectivity index is 1.35. The zero-order chi connectivity index (χ0) is 31.6. The number of allylic oxidation sites excluding steroid dienone is 1. The summed E-state index contributed by atoms with van der Waals surface area (Å²) in [4.78, 5) is 4.67. The highest BCUT2D eigenvalue weighted by atomic mass is 14.9. The van der Waals surface area contributed by atoms with Crippen LogP contribution >= 0.6 is 0 Å². The summed E-state index contributed by atoms with van der Waals surface area (Å²) in [7, 11) is 0. The van der Waals surface area contributed by atoms with Gasteiger partial charge in [-0.15, -0.1) is 0 Å². The van der Waals surface area contributed by atoms with E-state index in [1.54, 1.807) is 0 Å². The minimum Gasteiger partial charge on any atom is -0.353 e. The first-order valence-corrected chi connectivity index (χ1v) is 15.8. The van der Waals surface area contributed by atoms with Crippen LogP contribution in [0.25, 0.3) is 56.1 Å². The molecule has 0 atom stereocenters. The molecule has 0 spiro atoms. The first-order valence-electron chi connectivity index (χ1n) is 15.8. The number of nitrogens with one attached hydrogen (secondary N) is 2. The SMILES string of the molecule is N=C(/C(=C1\NC(c2ccccn2)=Cc2ccccc21)c1cccc(-c2cccc3ccccc23)c1)c1cccc(-c2ccccc2)c1. The molecule has 1 aliphatic rings. The van der Waals surface area contributed by atoms with Crippen LogP contribution in [0.4, 0.5) is 0 Å². The maximum Gasteiger partial charge on any atom is 0.0864 e. The van der Waals surface area contributed by atoms with Crippen molar-refractivity contribution in [2.24, 2.45) is 0 Å². The molecule has 47 heavy (non-hydrogen) atoms. The fourth-order valence-electron chi connectivity index (χ4n) is 6.46. The molecule has 222 valence electrons. The Morgan fingerprint density at radius 1 is 0.532 bits per heavy atom. The van der Waals surface area contributed by atoms with Crippen LogP contribution in [0, 0.1) is 5.41 Å². The lowest BCUT2D eigenvalue weighted by Gasteiger charge is -2.26. The molecule has 3 nitrogen and oxygen atoms in total. The Labute approximate surface area is 274 Å². The van der Waals surface area contributed by atoms with E-state index < -0.39 is 0 Å². The highest BCUT2D eigenvalue weighted by Crippen LogP contribution is 2.38. The van der Waals surface area contributed by atoms with E-state index >= 15 is 0 Å². The maximum absolute atomic E-state index is 9.91. The monoisotopic (exact) mass is 601 g/mol. The van der Waals surface area contributed by atoms with Gasteiger partial charge < -0.3 is 5.32 Å². The molecule has 0 fully saturated rings. The molecule has 0 unspecified atom stereocenters. The Morgan fingerprint density at radius 2 is 1.19 bits per heavy atom. The summed E-state index contributed by atoms with van der Waals surface area (Å²) >= 11 is 0. The molecule has 7 aromatic rings. The molecule has 8 rings (SSSR count). The molecule has 0 bridgehead atoms. The van der Waals surface area contributed by atoms with Gasteiger partial charge in [-0.1, -0.05) is 140 Å². The van der Waals surface area contributed by atoms with Gasteiger partial charge in [0.1, 0.15) is 0 Å².